The molecule has 27 heavy (non-hydrogen) atoms. The minimum atomic E-state index is -1.27. The zero-order valence-electron chi connectivity index (χ0n) is 16.0. The first-order valence-electron chi connectivity index (χ1n) is 9.13. The van der Waals surface area contributed by atoms with Gasteiger partial charge in [-0.15, -0.1) is 6.58 Å². The van der Waals surface area contributed by atoms with E-state index in [2.05, 4.69) is 30.6 Å². The molecule has 0 heterocycles. The van der Waals surface area contributed by atoms with Crippen LogP contribution >= 0.6 is 0 Å². The molecule has 0 aliphatic heterocycles. The number of rotatable bonds is 7. The standard InChI is InChI=1S/C21H26N2O4/c1-4-8-17-13-18(20(25)26-5-2)9-10-19(17)21(14-22,15-23)11-6-7-12-27-16(3)24/h4,17-19H,1,5,8-13H2,2-3H3/t17?,18-,19?/m0/s1. The zero-order chi connectivity index (χ0) is 20.3. The predicted octanol–water partition coefficient (Wildman–Crippen LogP) is 3.15. The van der Waals surface area contributed by atoms with E-state index >= 15 is 0 Å². The Morgan fingerprint density at radius 2 is 1.93 bits per heavy atom. The maximum atomic E-state index is 12.1. The predicted molar refractivity (Wildman–Crippen MR) is 98.5 cm³/mol. The van der Waals surface area contributed by atoms with Crippen LogP contribution in [0.1, 0.15) is 46.0 Å². The van der Waals surface area contributed by atoms with Gasteiger partial charge in [-0.1, -0.05) is 17.9 Å². The number of hydrogen-bond donors (Lipinski definition) is 0. The Morgan fingerprint density at radius 3 is 2.48 bits per heavy atom. The molecule has 1 aliphatic carbocycles. The maximum absolute atomic E-state index is 12.1. The Labute approximate surface area is 161 Å². The number of carbonyl (C=O) groups excluding carboxylic acids is 2. The van der Waals surface area contributed by atoms with Crippen molar-refractivity contribution in [3.63, 3.8) is 0 Å². The van der Waals surface area contributed by atoms with Gasteiger partial charge in [0.25, 0.3) is 0 Å². The van der Waals surface area contributed by atoms with E-state index in [-0.39, 0.29) is 36.8 Å². The molecule has 3 atom stereocenters. The lowest BCUT2D eigenvalue weighted by atomic mass is 9.61. The molecule has 0 aromatic heterocycles. The minimum absolute atomic E-state index is 0.0137. The highest BCUT2D eigenvalue weighted by Gasteiger charge is 2.47. The molecule has 0 bridgehead atoms. The molecule has 1 saturated carbocycles. The van der Waals surface area contributed by atoms with E-state index in [0.29, 0.717) is 32.3 Å². The summed E-state index contributed by atoms with van der Waals surface area (Å²) in [6, 6.07) is 4.34. The molecule has 0 N–H and O–H groups in total. The molecule has 0 aromatic rings. The number of nitrogens with zero attached hydrogens (tertiary/aromatic N) is 2. The Hall–Kier alpha value is -2.78. The zero-order valence-corrected chi connectivity index (χ0v) is 16.0. The second-order valence-corrected chi connectivity index (χ2v) is 6.66. The third-order valence-electron chi connectivity index (χ3n) is 4.94. The number of nitriles is 2. The summed E-state index contributed by atoms with van der Waals surface area (Å²) in [5.74, 6) is 4.41. The molecule has 6 nitrogen and oxygen atoms in total. The lowest BCUT2D eigenvalue weighted by Gasteiger charge is -2.40. The third-order valence-corrected chi connectivity index (χ3v) is 4.94. The van der Waals surface area contributed by atoms with E-state index in [1.165, 1.54) is 6.92 Å². The maximum Gasteiger partial charge on any atom is 0.308 e. The van der Waals surface area contributed by atoms with Crippen LogP contribution in [0.3, 0.4) is 0 Å². The molecule has 1 fully saturated rings. The SMILES string of the molecule is C=CCC1C[C@@H](C(=O)OCC)CCC1C(C#N)(C#N)CC#CCOC(C)=O. The van der Waals surface area contributed by atoms with Gasteiger partial charge < -0.3 is 9.47 Å². The first-order valence-corrected chi connectivity index (χ1v) is 9.13. The van der Waals surface area contributed by atoms with Crippen LogP contribution in [0.5, 0.6) is 0 Å². The highest BCUT2D eigenvalue weighted by Crippen LogP contribution is 2.47. The van der Waals surface area contributed by atoms with Crippen molar-refractivity contribution in [2.24, 2.45) is 23.2 Å². The molecular formula is C21H26N2O4. The minimum Gasteiger partial charge on any atom is -0.466 e. The van der Waals surface area contributed by atoms with Crippen molar-refractivity contribution in [1.29, 1.82) is 10.5 Å². The van der Waals surface area contributed by atoms with Gasteiger partial charge in [0.15, 0.2) is 12.0 Å². The number of ether oxygens (including phenoxy) is 2. The van der Waals surface area contributed by atoms with E-state index in [4.69, 9.17) is 9.47 Å². The van der Waals surface area contributed by atoms with Gasteiger partial charge in [0.05, 0.1) is 24.7 Å². The Bertz CT molecular complexity index is 676. The van der Waals surface area contributed by atoms with Crippen molar-refractivity contribution >= 4 is 11.9 Å². The van der Waals surface area contributed by atoms with Crippen LogP contribution < -0.4 is 0 Å². The van der Waals surface area contributed by atoms with Crippen LogP contribution in [0.15, 0.2) is 12.7 Å². The number of allylic oxidation sites excluding steroid dienone is 1. The van der Waals surface area contributed by atoms with Crippen molar-refractivity contribution in [2.45, 2.75) is 46.0 Å². The average Bonchev–Trinajstić information content (AvgIpc) is 2.65. The van der Waals surface area contributed by atoms with Crippen LogP contribution in [0.25, 0.3) is 0 Å². The first kappa shape index (κ1) is 22.3. The fourth-order valence-corrected chi connectivity index (χ4v) is 3.65. The second-order valence-electron chi connectivity index (χ2n) is 6.66. The van der Waals surface area contributed by atoms with Gasteiger partial charge >= 0.3 is 11.9 Å². The fourth-order valence-electron chi connectivity index (χ4n) is 3.65. The second kappa shape index (κ2) is 11.0. The van der Waals surface area contributed by atoms with Gasteiger partial charge in [-0.05, 0) is 44.4 Å². The van der Waals surface area contributed by atoms with Gasteiger partial charge in [-0.25, -0.2) is 0 Å². The Balaban J connectivity index is 2.96. The summed E-state index contributed by atoms with van der Waals surface area (Å²) in [6.45, 7) is 7.11. The normalized spacial score (nSPS) is 21.6. The summed E-state index contributed by atoms with van der Waals surface area (Å²) in [7, 11) is 0. The summed E-state index contributed by atoms with van der Waals surface area (Å²) >= 11 is 0. The largest absolute Gasteiger partial charge is 0.466 e. The lowest BCUT2D eigenvalue weighted by molar-refractivity contribution is -0.150. The van der Waals surface area contributed by atoms with Gasteiger partial charge in [0, 0.05) is 13.3 Å². The van der Waals surface area contributed by atoms with Crippen LogP contribution in [-0.2, 0) is 19.1 Å². The van der Waals surface area contributed by atoms with Crippen molar-refractivity contribution in [1.82, 2.24) is 0 Å². The molecule has 0 aromatic carbocycles. The van der Waals surface area contributed by atoms with Crippen LogP contribution in [-0.4, -0.2) is 25.2 Å². The molecule has 0 spiro atoms. The number of hydrogen-bond acceptors (Lipinski definition) is 6. The lowest BCUT2D eigenvalue weighted by Crippen LogP contribution is -2.39. The molecule has 6 heteroatoms. The monoisotopic (exact) mass is 370 g/mol. The number of carbonyl (C=O) groups is 2. The van der Waals surface area contributed by atoms with E-state index in [1.807, 2.05) is 0 Å². The summed E-state index contributed by atoms with van der Waals surface area (Å²) in [4.78, 5) is 22.9. The highest BCUT2D eigenvalue weighted by molar-refractivity contribution is 5.72. The van der Waals surface area contributed by atoms with Crippen molar-refractivity contribution in [2.75, 3.05) is 13.2 Å². The van der Waals surface area contributed by atoms with Crippen LogP contribution in [0, 0.1) is 57.7 Å². The molecule has 144 valence electrons. The number of esters is 2. The molecule has 2 unspecified atom stereocenters. The van der Waals surface area contributed by atoms with Gasteiger partial charge in [-0.3, -0.25) is 9.59 Å². The van der Waals surface area contributed by atoms with E-state index < -0.39 is 11.4 Å². The summed E-state index contributed by atoms with van der Waals surface area (Å²) in [6.07, 6.45) is 4.19. The molecule has 0 radical (unpaired) electrons. The summed E-state index contributed by atoms with van der Waals surface area (Å²) in [5, 5.41) is 19.6. The highest BCUT2D eigenvalue weighted by atomic mass is 16.5. The molecule has 1 rings (SSSR count). The van der Waals surface area contributed by atoms with E-state index in [9.17, 15) is 20.1 Å². The van der Waals surface area contributed by atoms with Crippen molar-refractivity contribution in [3.05, 3.63) is 12.7 Å². The first-order chi connectivity index (χ1) is 12.9. The fraction of sp³-hybridized carbons (Fsp3) is 0.619. The summed E-state index contributed by atoms with van der Waals surface area (Å²) < 4.78 is 9.88. The third kappa shape index (κ3) is 6.15. The van der Waals surface area contributed by atoms with Gasteiger partial charge in [0.2, 0.25) is 0 Å². The van der Waals surface area contributed by atoms with E-state index in [1.54, 1.807) is 13.0 Å². The van der Waals surface area contributed by atoms with Crippen molar-refractivity contribution in [3.8, 4) is 24.0 Å². The van der Waals surface area contributed by atoms with Gasteiger partial charge in [0.1, 0.15) is 0 Å². The summed E-state index contributed by atoms with van der Waals surface area (Å²) in [5.41, 5.74) is -1.27. The van der Waals surface area contributed by atoms with E-state index in [0.717, 1.165) is 0 Å². The molecular weight excluding hydrogens is 344 g/mol. The van der Waals surface area contributed by atoms with Crippen LogP contribution in [0.2, 0.25) is 0 Å². The van der Waals surface area contributed by atoms with Crippen LogP contribution in [0.4, 0.5) is 0 Å². The topological polar surface area (TPSA) is 100 Å². The Morgan fingerprint density at radius 1 is 1.22 bits per heavy atom. The smallest absolute Gasteiger partial charge is 0.308 e. The van der Waals surface area contributed by atoms with Gasteiger partial charge in [-0.2, -0.15) is 10.5 Å². The quantitative estimate of drug-likeness (QED) is 0.388. The Kier molecular flexibility index (Phi) is 9.11. The average molecular weight is 370 g/mol. The molecule has 0 saturated heterocycles. The molecule has 1 aliphatic rings. The van der Waals surface area contributed by atoms with Crippen molar-refractivity contribution < 1.29 is 19.1 Å². The molecule has 0 amide bonds.